The van der Waals surface area contributed by atoms with Gasteiger partial charge in [0.05, 0.1) is 11.3 Å². The molecule has 0 aliphatic heterocycles. The molecule has 24 heavy (non-hydrogen) atoms. The van der Waals surface area contributed by atoms with Crippen LogP contribution in [0, 0.1) is 0 Å². The summed E-state index contributed by atoms with van der Waals surface area (Å²) in [6, 6.07) is 8.28. The molecular formula is C16H16BrN3O3S. The summed E-state index contributed by atoms with van der Waals surface area (Å²) >= 11 is 3.26. The van der Waals surface area contributed by atoms with Gasteiger partial charge in [-0.1, -0.05) is 18.2 Å². The van der Waals surface area contributed by atoms with Gasteiger partial charge in [0, 0.05) is 29.1 Å². The number of rotatable bonds is 7. The highest BCUT2D eigenvalue weighted by Gasteiger charge is 2.11. The van der Waals surface area contributed by atoms with Crippen LogP contribution in [0.3, 0.4) is 0 Å². The molecule has 126 valence electrons. The molecule has 0 unspecified atom stereocenters. The topological polar surface area (TPSA) is 88.2 Å². The highest BCUT2D eigenvalue weighted by atomic mass is 79.9. The molecule has 0 bridgehead atoms. The Morgan fingerprint density at radius 2 is 1.96 bits per heavy atom. The van der Waals surface area contributed by atoms with Crippen LogP contribution in [0.25, 0.3) is 0 Å². The molecule has 0 saturated heterocycles. The van der Waals surface area contributed by atoms with Crippen molar-refractivity contribution < 1.29 is 13.2 Å². The van der Waals surface area contributed by atoms with E-state index >= 15 is 0 Å². The lowest BCUT2D eigenvalue weighted by molar-refractivity contribution is 0.102. The van der Waals surface area contributed by atoms with E-state index in [1.807, 2.05) is 0 Å². The minimum Gasteiger partial charge on any atom is -0.322 e. The summed E-state index contributed by atoms with van der Waals surface area (Å²) in [6.07, 6.45) is 4.53. The molecule has 0 radical (unpaired) electrons. The first kappa shape index (κ1) is 18.3. The van der Waals surface area contributed by atoms with Crippen LogP contribution >= 0.6 is 15.9 Å². The number of hydrogen-bond acceptors (Lipinski definition) is 4. The number of halogens is 1. The first-order chi connectivity index (χ1) is 11.4. The molecule has 0 aliphatic carbocycles. The van der Waals surface area contributed by atoms with Gasteiger partial charge in [-0.3, -0.25) is 9.78 Å². The minimum atomic E-state index is -3.40. The highest BCUT2D eigenvalue weighted by Crippen LogP contribution is 2.14. The molecule has 0 spiro atoms. The predicted molar refractivity (Wildman–Crippen MR) is 97.2 cm³/mol. The summed E-state index contributed by atoms with van der Waals surface area (Å²) < 4.78 is 26.7. The molecule has 6 nitrogen and oxygen atoms in total. The van der Waals surface area contributed by atoms with Crippen molar-refractivity contribution in [3.63, 3.8) is 0 Å². The first-order valence-corrected chi connectivity index (χ1v) is 9.43. The Morgan fingerprint density at radius 1 is 1.25 bits per heavy atom. The van der Waals surface area contributed by atoms with Crippen molar-refractivity contribution in [3.8, 4) is 0 Å². The van der Waals surface area contributed by atoms with Crippen molar-refractivity contribution >= 4 is 37.5 Å². The fourth-order valence-corrected chi connectivity index (χ4v) is 3.35. The Hall–Kier alpha value is -2.03. The van der Waals surface area contributed by atoms with Gasteiger partial charge >= 0.3 is 0 Å². The Labute approximate surface area is 149 Å². The second-order valence-corrected chi connectivity index (χ2v) is 7.66. The van der Waals surface area contributed by atoms with Crippen LogP contribution in [0.5, 0.6) is 0 Å². The number of carbonyl (C=O) groups is 1. The maximum Gasteiger partial charge on any atom is 0.257 e. The zero-order valence-corrected chi connectivity index (χ0v) is 15.1. The maximum atomic E-state index is 12.1. The lowest BCUT2D eigenvalue weighted by Gasteiger charge is -2.08. The number of nitrogens with zero attached hydrogens (tertiary/aromatic N) is 1. The Balaban J connectivity index is 2.02. The van der Waals surface area contributed by atoms with Gasteiger partial charge in [0.15, 0.2) is 0 Å². The van der Waals surface area contributed by atoms with Crippen LogP contribution < -0.4 is 10.0 Å². The van der Waals surface area contributed by atoms with E-state index in [0.29, 0.717) is 21.3 Å². The van der Waals surface area contributed by atoms with Crippen molar-refractivity contribution in [2.75, 3.05) is 11.9 Å². The van der Waals surface area contributed by atoms with E-state index in [4.69, 9.17) is 0 Å². The average Bonchev–Trinajstić information content (AvgIpc) is 2.54. The van der Waals surface area contributed by atoms with E-state index in [0.717, 1.165) is 0 Å². The monoisotopic (exact) mass is 409 g/mol. The van der Waals surface area contributed by atoms with Gasteiger partial charge in [0.1, 0.15) is 0 Å². The van der Waals surface area contributed by atoms with Gasteiger partial charge in [0.25, 0.3) is 5.91 Å². The van der Waals surface area contributed by atoms with Gasteiger partial charge in [-0.25, -0.2) is 13.1 Å². The van der Waals surface area contributed by atoms with Crippen molar-refractivity contribution in [1.29, 1.82) is 0 Å². The van der Waals surface area contributed by atoms with Gasteiger partial charge in [-0.2, -0.15) is 0 Å². The first-order valence-electron chi connectivity index (χ1n) is 6.99. The van der Waals surface area contributed by atoms with Crippen molar-refractivity contribution in [2.24, 2.45) is 0 Å². The van der Waals surface area contributed by atoms with E-state index in [2.05, 4.69) is 37.5 Å². The summed E-state index contributed by atoms with van der Waals surface area (Å²) in [5.41, 5.74) is 1.61. The molecular weight excluding hydrogens is 394 g/mol. The fraction of sp³-hybridized carbons (Fsp3) is 0.125. The van der Waals surface area contributed by atoms with Crippen molar-refractivity contribution in [2.45, 2.75) is 5.75 Å². The van der Waals surface area contributed by atoms with Crippen LogP contribution in [0.2, 0.25) is 0 Å². The molecule has 1 aromatic heterocycles. The number of sulfonamides is 1. The number of pyridine rings is 1. The summed E-state index contributed by atoms with van der Waals surface area (Å²) in [4.78, 5) is 16.0. The molecule has 0 atom stereocenters. The van der Waals surface area contributed by atoms with Gasteiger partial charge in [-0.15, -0.1) is 6.58 Å². The van der Waals surface area contributed by atoms with E-state index in [9.17, 15) is 13.2 Å². The zero-order valence-electron chi connectivity index (χ0n) is 12.7. The van der Waals surface area contributed by atoms with Crippen LogP contribution in [0.1, 0.15) is 15.9 Å². The fourth-order valence-electron chi connectivity index (χ4n) is 1.88. The van der Waals surface area contributed by atoms with E-state index in [1.165, 1.54) is 12.3 Å². The van der Waals surface area contributed by atoms with Gasteiger partial charge in [-0.05, 0) is 39.7 Å². The Bertz CT molecular complexity index is 836. The van der Waals surface area contributed by atoms with Crippen molar-refractivity contribution in [3.05, 3.63) is 71.0 Å². The van der Waals surface area contributed by atoms with E-state index in [-0.39, 0.29) is 18.2 Å². The number of nitrogens with one attached hydrogen (secondary N) is 2. The largest absolute Gasteiger partial charge is 0.322 e. The Morgan fingerprint density at radius 3 is 2.58 bits per heavy atom. The molecule has 8 heteroatoms. The molecule has 2 N–H and O–H groups in total. The molecule has 0 fully saturated rings. The molecule has 0 saturated carbocycles. The van der Waals surface area contributed by atoms with E-state index in [1.54, 1.807) is 36.5 Å². The lowest BCUT2D eigenvalue weighted by Crippen LogP contribution is -2.25. The third-order valence-corrected chi connectivity index (χ3v) is 4.74. The SMILES string of the molecule is C=CCNS(=O)(=O)Cc1ccc(NC(=O)c2cncc(Br)c2)cc1. The number of hydrogen-bond donors (Lipinski definition) is 2. The second-order valence-electron chi connectivity index (χ2n) is 4.94. The van der Waals surface area contributed by atoms with Crippen LogP contribution in [-0.2, 0) is 15.8 Å². The third kappa shape index (κ3) is 5.55. The van der Waals surface area contributed by atoms with Crippen LogP contribution in [0.4, 0.5) is 5.69 Å². The summed E-state index contributed by atoms with van der Waals surface area (Å²) in [6.45, 7) is 3.66. The number of benzene rings is 1. The second kappa shape index (κ2) is 8.18. The number of aromatic nitrogens is 1. The molecule has 1 heterocycles. The molecule has 1 aromatic carbocycles. The Kier molecular flexibility index (Phi) is 6.24. The minimum absolute atomic E-state index is 0.134. The van der Waals surface area contributed by atoms with Gasteiger partial charge < -0.3 is 5.32 Å². The summed E-state index contributed by atoms with van der Waals surface area (Å²) in [5, 5.41) is 2.73. The zero-order chi connectivity index (χ0) is 17.6. The predicted octanol–water partition coefficient (Wildman–Crippen LogP) is 2.70. The van der Waals surface area contributed by atoms with Crippen LogP contribution in [0.15, 0.2) is 59.9 Å². The highest BCUT2D eigenvalue weighted by molar-refractivity contribution is 9.10. The van der Waals surface area contributed by atoms with Gasteiger partial charge in [0.2, 0.25) is 10.0 Å². The average molecular weight is 410 g/mol. The molecule has 2 rings (SSSR count). The summed E-state index contributed by atoms with van der Waals surface area (Å²) in [7, 11) is -3.40. The number of anilines is 1. The smallest absolute Gasteiger partial charge is 0.257 e. The van der Waals surface area contributed by atoms with E-state index < -0.39 is 10.0 Å². The summed E-state index contributed by atoms with van der Waals surface area (Å²) in [5.74, 6) is -0.429. The molecule has 1 amide bonds. The molecule has 0 aliphatic rings. The number of amides is 1. The molecule has 2 aromatic rings. The maximum absolute atomic E-state index is 12.1. The normalized spacial score (nSPS) is 11.0. The lowest BCUT2D eigenvalue weighted by atomic mass is 10.2. The standard InChI is InChI=1S/C16H16BrN3O3S/c1-2-7-19-24(22,23)11-12-3-5-15(6-4-12)20-16(21)13-8-14(17)10-18-9-13/h2-6,8-10,19H,1,7,11H2,(H,20,21). The number of carbonyl (C=O) groups excluding carboxylic acids is 1. The van der Waals surface area contributed by atoms with Crippen molar-refractivity contribution in [1.82, 2.24) is 9.71 Å². The third-order valence-electron chi connectivity index (χ3n) is 2.98. The quantitative estimate of drug-likeness (QED) is 0.688. The van der Waals surface area contributed by atoms with Crippen LogP contribution in [-0.4, -0.2) is 25.9 Å².